The van der Waals surface area contributed by atoms with Crippen LogP contribution in [0.3, 0.4) is 0 Å². The predicted molar refractivity (Wildman–Crippen MR) is 87.0 cm³/mol. The maximum atomic E-state index is 12.4. The predicted octanol–water partition coefficient (Wildman–Crippen LogP) is 3.78. The quantitative estimate of drug-likeness (QED) is 0.688. The van der Waals surface area contributed by atoms with E-state index in [-0.39, 0.29) is 12.6 Å². The SMILES string of the molecule is O=C(CCc1ccnc2ccccc12)c1ccc2c(c1)OCO2. The first-order chi connectivity index (χ1) is 11.3. The average molecular weight is 305 g/mol. The molecule has 0 unspecified atom stereocenters. The lowest BCUT2D eigenvalue weighted by Gasteiger charge is -2.06. The Kier molecular flexibility index (Phi) is 3.42. The van der Waals surface area contributed by atoms with E-state index in [4.69, 9.17) is 9.47 Å². The number of Topliss-reactive ketones (excluding diaryl/α,β-unsaturated/α-hetero) is 1. The molecule has 2 heterocycles. The molecule has 1 aromatic heterocycles. The number of para-hydroxylation sites is 1. The number of hydrogen-bond donors (Lipinski definition) is 0. The van der Waals surface area contributed by atoms with Gasteiger partial charge in [0.25, 0.3) is 0 Å². The Bertz CT molecular complexity index is 883. The Labute approximate surface area is 133 Å². The smallest absolute Gasteiger partial charge is 0.231 e. The highest BCUT2D eigenvalue weighted by Gasteiger charge is 2.16. The number of benzene rings is 2. The van der Waals surface area contributed by atoms with Crippen LogP contribution in [0.1, 0.15) is 22.3 Å². The Balaban J connectivity index is 1.53. The lowest BCUT2D eigenvalue weighted by Crippen LogP contribution is -2.02. The summed E-state index contributed by atoms with van der Waals surface area (Å²) in [7, 11) is 0. The molecule has 0 spiro atoms. The molecule has 0 bridgehead atoms. The molecule has 0 aliphatic carbocycles. The number of aryl methyl sites for hydroxylation is 1. The third-order valence-corrected chi connectivity index (χ3v) is 4.06. The van der Waals surface area contributed by atoms with Gasteiger partial charge in [-0.05, 0) is 42.3 Å². The van der Waals surface area contributed by atoms with Gasteiger partial charge in [-0.1, -0.05) is 18.2 Å². The first-order valence-corrected chi connectivity index (χ1v) is 7.57. The second-order valence-corrected chi connectivity index (χ2v) is 5.48. The minimum Gasteiger partial charge on any atom is -0.454 e. The molecular weight excluding hydrogens is 290 g/mol. The first kappa shape index (κ1) is 13.8. The minimum absolute atomic E-state index is 0.101. The summed E-state index contributed by atoms with van der Waals surface area (Å²) in [6.07, 6.45) is 2.94. The molecule has 114 valence electrons. The van der Waals surface area contributed by atoms with Crippen LogP contribution in [0, 0.1) is 0 Å². The summed E-state index contributed by atoms with van der Waals surface area (Å²) in [6, 6.07) is 15.3. The summed E-state index contributed by atoms with van der Waals surface area (Å²) in [5, 5.41) is 1.11. The molecule has 0 N–H and O–H groups in total. The van der Waals surface area contributed by atoms with Crippen LogP contribution in [0.4, 0.5) is 0 Å². The number of ether oxygens (including phenoxy) is 2. The van der Waals surface area contributed by atoms with Crippen molar-refractivity contribution in [2.24, 2.45) is 0 Å². The maximum absolute atomic E-state index is 12.4. The Hall–Kier alpha value is -2.88. The van der Waals surface area contributed by atoms with Crippen LogP contribution in [-0.4, -0.2) is 17.6 Å². The summed E-state index contributed by atoms with van der Waals surface area (Å²) in [4.78, 5) is 16.8. The Morgan fingerprint density at radius 1 is 1.04 bits per heavy atom. The standard InChI is InChI=1S/C19H15NO3/c21-17(14-6-8-18-19(11-14)23-12-22-18)7-5-13-9-10-20-16-4-2-1-3-15(13)16/h1-4,6,8-11H,5,7,12H2. The number of aromatic nitrogens is 1. The van der Waals surface area contributed by atoms with Gasteiger partial charge in [-0.15, -0.1) is 0 Å². The molecule has 4 heteroatoms. The zero-order chi connectivity index (χ0) is 15.6. The van der Waals surface area contributed by atoms with Crippen LogP contribution >= 0.6 is 0 Å². The molecule has 1 aliphatic heterocycles. The van der Waals surface area contributed by atoms with Crippen LogP contribution in [0.2, 0.25) is 0 Å². The van der Waals surface area contributed by atoms with E-state index >= 15 is 0 Å². The van der Waals surface area contributed by atoms with Gasteiger partial charge < -0.3 is 9.47 Å². The summed E-state index contributed by atoms with van der Waals surface area (Å²) in [6.45, 7) is 0.218. The highest BCUT2D eigenvalue weighted by atomic mass is 16.7. The zero-order valence-electron chi connectivity index (χ0n) is 12.5. The van der Waals surface area contributed by atoms with Crippen molar-refractivity contribution in [2.75, 3.05) is 6.79 Å². The largest absolute Gasteiger partial charge is 0.454 e. The number of fused-ring (bicyclic) bond motifs is 2. The van der Waals surface area contributed by atoms with E-state index < -0.39 is 0 Å². The molecule has 0 saturated carbocycles. The van der Waals surface area contributed by atoms with Crippen molar-refractivity contribution in [1.82, 2.24) is 4.98 Å². The van der Waals surface area contributed by atoms with Crippen molar-refractivity contribution in [2.45, 2.75) is 12.8 Å². The molecule has 2 aromatic carbocycles. The van der Waals surface area contributed by atoms with Crippen molar-refractivity contribution >= 4 is 16.7 Å². The lowest BCUT2D eigenvalue weighted by molar-refractivity contribution is 0.0982. The summed E-state index contributed by atoms with van der Waals surface area (Å²) < 4.78 is 10.6. The molecule has 4 rings (SSSR count). The molecule has 0 atom stereocenters. The van der Waals surface area contributed by atoms with Gasteiger partial charge in [0, 0.05) is 23.6 Å². The van der Waals surface area contributed by atoms with Gasteiger partial charge in [0.1, 0.15) is 0 Å². The lowest BCUT2D eigenvalue weighted by atomic mass is 10.00. The fraction of sp³-hybridized carbons (Fsp3) is 0.158. The Morgan fingerprint density at radius 3 is 2.87 bits per heavy atom. The molecule has 1 aliphatic rings. The zero-order valence-corrected chi connectivity index (χ0v) is 12.5. The second kappa shape index (κ2) is 5.72. The Morgan fingerprint density at radius 2 is 1.91 bits per heavy atom. The molecule has 0 saturated heterocycles. The number of carbonyl (C=O) groups is 1. The fourth-order valence-electron chi connectivity index (χ4n) is 2.84. The molecule has 0 radical (unpaired) electrons. The van der Waals surface area contributed by atoms with E-state index in [0.29, 0.717) is 29.9 Å². The third kappa shape index (κ3) is 2.63. The van der Waals surface area contributed by atoms with Gasteiger partial charge >= 0.3 is 0 Å². The van der Waals surface area contributed by atoms with E-state index in [1.54, 1.807) is 24.4 Å². The highest BCUT2D eigenvalue weighted by Crippen LogP contribution is 2.33. The fourth-order valence-corrected chi connectivity index (χ4v) is 2.84. The van der Waals surface area contributed by atoms with Crippen molar-refractivity contribution in [3.8, 4) is 11.5 Å². The van der Waals surface area contributed by atoms with Crippen molar-refractivity contribution < 1.29 is 14.3 Å². The topological polar surface area (TPSA) is 48.4 Å². The molecular formula is C19H15NO3. The third-order valence-electron chi connectivity index (χ3n) is 4.06. The van der Waals surface area contributed by atoms with Gasteiger partial charge in [0.05, 0.1) is 5.52 Å². The monoisotopic (exact) mass is 305 g/mol. The number of pyridine rings is 1. The van der Waals surface area contributed by atoms with Crippen LogP contribution in [0.25, 0.3) is 10.9 Å². The number of hydrogen-bond acceptors (Lipinski definition) is 4. The molecule has 0 fully saturated rings. The van der Waals surface area contributed by atoms with Crippen molar-refractivity contribution in [3.05, 3.63) is 65.9 Å². The number of carbonyl (C=O) groups excluding carboxylic acids is 1. The number of rotatable bonds is 4. The average Bonchev–Trinajstić information content (AvgIpc) is 3.07. The van der Waals surface area contributed by atoms with E-state index in [0.717, 1.165) is 16.5 Å². The van der Waals surface area contributed by atoms with Crippen molar-refractivity contribution in [3.63, 3.8) is 0 Å². The van der Waals surface area contributed by atoms with Gasteiger partial charge in [-0.2, -0.15) is 0 Å². The van der Waals surface area contributed by atoms with Crippen LogP contribution < -0.4 is 9.47 Å². The van der Waals surface area contributed by atoms with Gasteiger partial charge in [-0.25, -0.2) is 0 Å². The maximum Gasteiger partial charge on any atom is 0.231 e. The number of nitrogens with zero attached hydrogens (tertiary/aromatic N) is 1. The number of ketones is 1. The molecule has 0 amide bonds. The summed E-state index contributed by atoms with van der Waals surface area (Å²) in [5.41, 5.74) is 2.76. The summed E-state index contributed by atoms with van der Waals surface area (Å²) >= 11 is 0. The minimum atomic E-state index is 0.101. The molecule has 23 heavy (non-hydrogen) atoms. The van der Waals surface area contributed by atoms with Crippen molar-refractivity contribution in [1.29, 1.82) is 0 Å². The van der Waals surface area contributed by atoms with Gasteiger partial charge in [0.15, 0.2) is 17.3 Å². The van der Waals surface area contributed by atoms with E-state index in [2.05, 4.69) is 4.98 Å². The first-order valence-electron chi connectivity index (χ1n) is 7.57. The highest BCUT2D eigenvalue weighted by molar-refractivity contribution is 5.97. The van der Waals surface area contributed by atoms with E-state index in [9.17, 15) is 4.79 Å². The van der Waals surface area contributed by atoms with Gasteiger partial charge in [-0.3, -0.25) is 9.78 Å². The van der Waals surface area contributed by atoms with E-state index in [1.165, 1.54) is 0 Å². The van der Waals surface area contributed by atoms with Crippen LogP contribution in [0.15, 0.2) is 54.7 Å². The molecule has 3 aromatic rings. The van der Waals surface area contributed by atoms with Gasteiger partial charge in [0.2, 0.25) is 6.79 Å². The summed E-state index contributed by atoms with van der Waals surface area (Å²) in [5.74, 6) is 1.44. The van der Waals surface area contributed by atoms with Crippen LogP contribution in [-0.2, 0) is 6.42 Å². The normalized spacial score (nSPS) is 12.5. The van der Waals surface area contributed by atoms with E-state index in [1.807, 2.05) is 30.3 Å². The molecule has 4 nitrogen and oxygen atoms in total. The second-order valence-electron chi connectivity index (χ2n) is 5.48. The van der Waals surface area contributed by atoms with Crippen LogP contribution in [0.5, 0.6) is 11.5 Å².